The SMILES string of the molecule is Cc1nn(CC(F)(F)F)c(C)c1[C@H]1COCCN1C(=O)c1cc(F)cc(F)c1. The number of rotatable bonds is 3. The second-order valence-electron chi connectivity index (χ2n) is 6.60. The van der Waals surface area contributed by atoms with Crippen LogP contribution in [0.5, 0.6) is 0 Å². The van der Waals surface area contributed by atoms with E-state index in [1.165, 1.54) is 11.8 Å². The van der Waals surface area contributed by atoms with Gasteiger partial charge >= 0.3 is 6.18 Å². The average molecular weight is 403 g/mol. The van der Waals surface area contributed by atoms with Gasteiger partial charge in [-0.3, -0.25) is 9.48 Å². The van der Waals surface area contributed by atoms with Crippen LogP contribution in [0.15, 0.2) is 18.2 Å². The topological polar surface area (TPSA) is 47.4 Å². The fraction of sp³-hybridized carbons (Fsp3) is 0.444. The Balaban J connectivity index is 1.97. The number of ether oxygens (including phenoxy) is 1. The number of aryl methyl sites for hydroxylation is 1. The average Bonchev–Trinajstić information content (AvgIpc) is 2.85. The summed E-state index contributed by atoms with van der Waals surface area (Å²) in [6, 6.07) is 1.79. The summed E-state index contributed by atoms with van der Waals surface area (Å²) in [6.07, 6.45) is -4.45. The van der Waals surface area contributed by atoms with E-state index in [4.69, 9.17) is 4.74 Å². The molecule has 1 aliphatic rings. The van der Waals surface area contributed by atoms with Gasteiger partial charge in [0.25, 0.3) is 5.91 Å². The van der Waals surface area contributed by atoms with Crippen LogP contribution in [-0.4, -0.2) is 46.5 Å². The number of benzene rings is 1. The highest BCUT2D eigenvalue weighted by atomic mass is 19.4. The minimum Gasteiger partial charge on any atom is -0.377 e. The summed E-state index contributed by atoms with van der Waals surface area (Å²) in [4.78, 5) is 14.2. The van der Waals surface area contributed by atoms with Gasteiger partial charge in [0.1, 0.15) is 18.2 Å². The Hall–Kier alpha value is -2.49. The predicted molar refractivity (Wildman–Crippen MR) is 88.7 cm³/mol. The molecule has 152 valence electrons. The van der Waals surface area contributed by atoms with Gasteiger partial charge in [0.2, 0.25) is 0 Å². The van der Waals surface area contributed by atoms with Crippen LogP contribution in [0.3, 0.4) is 0 Å². The number of hydrogen-bond acceptors (Lipinski definition) is 3. The van der Waals surface area contributed by atoms with Crippen LogP contribution in [0.1, 0.15) is 33.4 Å². The van der Waals surface area contributed by atoms with Crippen molar-refractivity contribution in [2.24, 2.45) is 0 Å². The van der Waals surface area contributed by atoms with Crippen LogP contribution in [-0.2, 0) is 11.3 Å². The number of carbonyl (C=O) groups excluding carboxylic acids is 1. The molecule has 0 radical (unpaired) electrons. The van der Waals surface area contributed by atoms with Gasteiger partial charge in [-0.1, -0.05) is 0 Å². The smallest absolute Gasteiger partial charge is 0.377 e. The molecule has 0 N–H and O–H groups in total. The van der Waals surface area contributed by atoms with E-state index in [1.54, 1.807) is 6.92 Å². The van der Waals surface area contributed by atoms with Gasteiger partial charge in [0.15, 0.2) is 0 Å². The number of morpholine rings is 1. The monoisotopic (exact) mass is 403 g/mol. The predicted octanol–water partition coefficient (Wildman–Crippen LogP) is 3.55. The summed E-state index contributed by atoms with van der Waals surface area (Å²) < 4.78 is 71.6. The number of carbonyl (C=O) groups is 1. The molecule has 0 bridgehead atoms. The maximum atomic E-state index is 13.5. The lowest BCUT2D eigenvalue weighted by Gasteiger charge is -2.36. The summed E-state index contributed by atoms with van der Waals surface area (Å²) in [5.41, 5.74) is 0.852. The van der Waals surface area contributed by atoms with Crippen molar-refractivity contribution in [3.8, 4) is 0 Å². The van der Waals surface area contributed by atoms with Gasteiger partial charge in [-0.05, 0) is 26.0 Å². The van der Waals surface area contributed by atoms with E-state index in [0.717, 1.165) is 16.8 Å². The van der Waals surface area contributed by atoms with Gasteiger partial charge in [0, 0.05) is 29.4 Å². The Bertz CT molecular complexity index is 874. The van der Waals surface area contributed by atoms with Gasteiger partial charge in [0.05, 0.1) is 24.9 Å². The quantitative estimate of drug-likeness (QED) is 0.737. The third-order valence-corrected chi connectivity index (χ3v) is 4.60. The summed E-state index contributed by atoms with van der Waals surface area (Å²) >= 11 is 0. The molecule has 0 spiro atoms. The zero-order valence-corrected chi connectivity index (χ0v) is 15.2. The largest absolute Gasteiger partial charge is 0.408 e. The summed E-state index contributed by atoms with van der Waals surface area (Å²) in [6.45, 7) is 2.16. The Morgan fingerprint density at radius 1 is 1.21 bits per heavy atom. The lowest BCUT2D eigenvalue weighted by atomic mass is 10.0. The van der Waals surface area contributed by atoms with E-state index in [0.29, 0.717) is 17.3 Å². The van der Waals surface area contributed by atoms with Crippen LogP contribution in [0.4, 0.5) is 22.0 Å². The first kappa shape index (κ1) is 20.2. The molecule has 10 heteroatoms. The normalized spacial score (nSPS) is 17.8. The number of nitrogens with zero attached hydrogens (tertiary/aromatic N) is 3. The lowest BCUT2D eigenvalue weighted by molar-refractivity contribution is -0.143. The molecular weight excluding hydrogens is 385 g/mol. The first-order valence-electron chi connectivity index (χ1n) is 8.52. The van der Waals surface area contributed by atoms with Crippen molar-refractivity contribution in [1.29, 1.82) is 0 Å². The van der Waals surface area contributed by atoms with E-state index in [9.17, 15) is 26.7 Å². The molecule has 5 nitrogen and oxygen atoms in total. The summed E-state index contributed by atoms with van der Waals surface area (Å²) in [5, 5.41) is 3.95. The maximum Gasteiger partial charge on any atom is 0.408 e. The molecule has 2 aromatic rings. The molecule has 0 aliphatic carbocycles. The Kier molecular flexibility index (Phi) is 5.42. The van der Waals surface area contributed by atoms with Gasteiger partial charge < -0.3 is 9.64 Å². The Morgan fingerprint density at radius 2 is 1.86 bits per heavy atom. The highest BCUT2D eigenvalue weighted by Gasteiger charge is 2.35. The first-order chi connectivity index (χ1) is 13.1. The highest BCUT2D eigenvalue weighted by molar-refractivity contribution is 5.94. The van der Waals surface area contributed by atoms with E-state index in [1.807, 2.05) is 0 Å². The number of hydrogen-bond donors (Lipinski definition) is 0. The van der Waals surface area contributed by atoms with Crippen molar-refractivity contribution in [1.82, 2.24) is 14.7 Å². The third kappa shape index (κ3) is 4.16. The molecule has 3 rings (SSSR count). The van der Waals surface area contributed by atoms with Crippen LogP contribution in [0.25, 0.3) is 0 Å². The molecule has 1 aliphatic heterocycles. The molecule has 1 amide bonds. The molecule has 0 unspecified atom stereocenters. The summed E-state index contributed by atoms with van der Waals surface area (Å²) in [5.74, 6) is -2.41. The van der Waals surface area contributed by atoms with E-state index in [2.05, 4.69) is 5.10 Å². The molecule has 1 fully saturated rings. The van der Waals surface area contributed by atoms with Crippen LogP contribution in [0, 0.1) is 25.5 Å². The van der Waals surface area contributed by atoms with Gasteiger partial charge in [-0.15, -0.1) is 0 Å². The first-order valence-corrected chi connectivity index (χ1v) is 8.52. The van der Waals surface area contributed by atoms with Crippen molar-refractivity contribution >= 4 is 5.91 Å². The second-order valence-corrected chi connectivity index (χ2v) is 6.60. The van der Waals surface area contributed by atoms with E-state index in [-0.39, 0.29) is 31.0 Å². The zero-order valence-electron chi connectivity index (χ0n) is 15.2. The number of amides is 1. The van der Waals surface area contributed by atoms with Crippen molar-refractivity contribution in [2.75, 3.05) is 19.8 Å². The molecule has 28 heavy (non-hydrogen) atoms. The fourth-order valence-corrected chi connectivity index (χ4v) is 3.45. The number of alkyl halides is 3. The zero-order chi connectivity index (χ0) is 20.6. The maximum absolute atomic E-state index is 13.5. The Labute approximate surface area is 157 Å². The molecule has 1 aromatic carbocycles. The van der Waals surface area contributed by atoms with Crippen LogP contribution >= 0.6 is 0 Å². The van der Waals surface area contributed by atoms with Gasteiger partial charge in [-0.2, -0.15) is 18.3 Å². The van der Waals surface area contributed by atoms with Crippen molar-refractivity contribution < 1.29 is 31.5 Å². The third-order valence-electron chi connectivity index (χ3n) is 4.60. The highest BCUT2D eigenvalue weighted by Crippen LogP contribution is 2.32. The molecule has 0 saturated carbocycles. The van der Waals surface area contributed by atoms with E-state index >= 15 is 0 Å². The molecular formula is C18H18F5N3O2. The molecule has 1 saturated heterocycles. The summed E-state index contributed by atoms with van der Waals surface area (Å²) in [7, 11) is 0. The molecule has 2 heterocycles. The lowest BCUT2D eigenvalue weighted by Crippen LogP contribution is -2.43. The van der Waals surface area contributed by atoms with Crippen LogP contribution < -0.4 is 0 Å². The number of aromatic nitrogens is 2. The molecule has 1 aromatic heterocycles. The van der Waals surface area contributed by atoms with Crippen molar-refractivity contribution in [3.05, 3.63) is 52.3 Å². The minimum absolute atomic E-state index is 0.0446. The van der Waals surface area contributed by atoms with Crippen LogP contribution in [0.2, 0.25) is 0 Å². The standard InChI is InChI=1S/C18H18F5N3O2/c1-10-16(11(2)26(24-10)9-18(21,22)23)15-8-28-4-3-25(15)17(27)12-5-13(19)7-14(20)6-12/h5-7,15H,3-4,8-9H2,1-2H3/t15-/m1/s1. The minimum atomic E-state index is -4.45. The van der Waals surface area contributed by atoms with Crippen molar-refractivity contribution in [2.45, 2.75) is 32.6 Å². The second kappa shape index (κ2) is 7.50. The fourth-order valence-electron chi connectivity index (χ4n) is 3.45. The van der Waals surface area contributed by atoms with Crippen molar-refractivity contribution in [3.63, 3.8) is 0 Å². The van der Waals surface area contributed by atoms with E-state index < -0.39 is 36.3 Å². The molecule has 1 atom stereocenters. The van der Waals surface area contributed by atoms with Gasteiger partial charge in [-0.25, -0.2) is 8.78 Å². The Morgan fingerprint density at radius 3 is 2.46 bits per heavy atom. The number of halogens is 5.